The number of imidazole rings is 1. The SMILES string of the molecule is CCCC(C)N1CC2(CCN(C(=O)Cn3ccnc3C)CC2)OC1=O. The maximum atomic E-state index is 12.5. The third-order valence-corrected chi connectivity index (χ3v) is 5.49. The Morgan fingerprint density at radius 1 is 1.40 bits per heavy atom. The number of carbonyl (C=O) groups is 2. The van der Waals surface area contributed by atoms with Crippen molar-refractivity contribution in [2.75, 3.05) is 19.6 Å². The standard InChI is InChI=1S/C18H28N4O3/c1-4-5-14(2)22-13-18(25-17(22)24)6-9-20(10-7-18)16(23)12-21-11-8-19-15(21)3/h8,11,14H,4-7,9-10,12-13H2,1-3H3. The molecule has 2 aliphatic rings. The zero-order chi connectivity index (χ0) is 18.0. The smallest absolute Gasteiger partial charge is 0.410 e. The second kappa shape index (κ2) is 7.06. The topological polar surface area (TPSA) is 67.7 Å². The van der Waals surface area contributed by atoms with Gasteiger partial charge in [0.15, 0.2) is 0 Å². The van der Waals surface area contributed by atoms with Gasteiger partial charge in [-0.05, 0) is 20.3 Å². The quantitative estimate of drug-likeness (QED) is 0.818. The lowest BCUT2D eigenvalue weighted by Crippen LogP contribution is -2.49. The third kappa shape index (κ3) is 3.65. The normalized spacial score (nSPS) is 20.8. The highest BCUT2D eigenvalue weighted by molar-refractivity contribution is 5.76. The van der Waals surface area contributed by atoms with Crippen LogP contribution >= 0.6 is 0 Å². The predicted molar refractivity (Wildman–Crippen MR) is 93.1 cm³/mol. The van der Waals surface area contributed by atoms with Gasteiger partial charge in [0.25, 0.3) is 0 Å². The van der Waals surface area contributed by atoms with Gasteiger partial charge in [-0.3, -0.25) is 4.79 Å². The van der Waals surface area contributed by atoms with Crippen LogP contribution < -0.4 is 0 Å². The summed E-state index contributed by atoms with van der Waals surface area (Å²) in [6.07, 6.45) is 6.79. The second-order valence-electron chi connectivity index (χ2n) is 7.30. The van der Waals surface area contributed by atoms with E-state index >= 15 is 0 Å². The van der Waals surface area contributed by atoms with Crippen LogP contribution in [0.1, 0.15) is 45.4 Å². The molecule has 138 valence electrons. The van der Waals surface area contributed by atoms with Gasteiger partial charge in [-0.1, -0.05) is 13.3 Å². The van der Waals surface area contributed by atoms with E-state index in [1.807, 2.05) is 27.5 Å². The van der Waals surface area contributed by atoms with Gasteiger partial charge in [-0.2, -0.15) is 0 Å². The van der Waals surface area contributed by atoms with Crippen LogP contribution in [-0.4, -0.2) is 62.6 Å². The van der Waals surface area contributed by atoms with Gasteiger partial charge in [-0.25, -0.2) is 9.78 Å². The first-order valence-corrected chi connectivity index (χ1v) is 9.19. The molecule has 7 heteroatoms. The van der Waals surface area contributed by atoms with Gasteiger partial charge in [-0.15, -0.1) is 0 Å². The van der Waals surface area contributed by atoms with E-state index in [2.05, 4.69) is 18.8 Å². The van der Waals surface area contributed by atoms with E-state index in [-0.39, 0.29) is 18.0 Å². The van der Waals surface area contributed by atoms with E-state index in [4.69, 9.17) is 4.74 Å². The van der Waals surface area contributed by atoms with Crippen LogP contribution in [0, 0.1) is 6.92 Å². The van der Waals surface area contributed by atoms with Crippen molar-refractivity contribution >= 4 is 12.0 Å². The van der Waals surface area contributed by atoms with Crippen molar-refractivity contribution in [3.8, 4) is 0 Å². The average Bonchev–Trinajstić information content (AvgIpc) is 3.12. The number of nitrogens with zero attached hydrogens (tertiary/aromatic N) is 4. The van der Waals surface area contributed by atoms with Crippen molar-refractivity contribution < 1.29 is 14.3 Å². The molecular formula is C18H28N4O3. The number of aromatic nitrogens is 2. The molecule has 2 fully saturated rings. The summed E-state index contributed by atoms with van der Waals surface area (Å²) in [5.74, 6) is 0.934. The summed E-state index contributed by atoms with van der Waals surface area (Å²) in [4.78, 5) is 32.6. The highest BCUT2D eigenvalue weighted by Gasteiger charge is 2.48. The fourth-order valence-corrected chi connectivity index (χ4v) is 3.80. The zero-order valence-electron chi connectivity index (χ0n) is 15.4. The van der Waals surface area contributed by atoms with Crippen molar-refractivity contribution in [3.63, 3.8) is 0 Å². The van der Waals surface area contributed by atoms with Crippen molar-refractivity contribution in [1.82, 2.24) is 19.4 Å². The van der Waals surface area contributed by atoms with E-state index in [1.54, 1.807) is 6.20 Å². The summed E-state index contributed by atoms with van der Waals surface area (Å²) >= 11 is 0. The van der Waals surface area contributed by atoms with Crippen LogP contribution in [0.25, 0.3) is 0 Å². The van der Waals surface area contributed by atoms with Crippen molar-refractivity contribution in [1.29, 1.82) is 0 Å². The molecule has 25 heavy (non-hydrogen) atoms. The van der Waals surface area contributed by atoms with Gasteiger partial charge in [0, 0.05) is 44.4 Å². The van der Waals surface area contributed by atoms with E-state index in [0.717, 1.165) is 18.7 Å². The van der Waals surface area contributed by atoms with Gasteiger partial charge in [0.05, 0.1) is 6.54 Å². The minimum absolute atomic E-state index is 0.0940. The Hall–Kier alpha value is -2.05. The fourth-order valence-electron chi connectivity index (χ4n) is 3.80. The molecule has 1 aromatic rings. The van der Waals surface area contributed by atoms with Gasteiger partial charge in [0.2, 0.25) is 5.91 Å². The van der Waals surface area contributed by atoms with Crippen LogP contribution in [0.15, 0.2) is 12.4 Å². The Balaban J connectivity index is 1.56. The molecule has 0 bridgehead atoms. The number of hydrogen-bond acceptors (Lipinski definition) is 4. The molecule has 3 rings (SSSR count). The number of rotatable bonds is 5. The van der Waals surface area contributed by atoms with Crippen LogP contribution in [0.5, 0.6) is 0 Å². The number of aryl methyl sites for hydroxylation is 1. The molecule has 0 aliphatic carbocycles. The first kappa shape index (κ1) is 17.8. The summed E-state index contributed by atoms with van der Waals surface area (Å²) < 4.78 is 7.61. The lowest BCUT2D eigenvalue weighted by atomic mass is 9.91. The van der Waals surface area contributed by atoms with Crippen molar-refractivity contribution in [2.24, 2.45) is 0 Å². The third-order valence-electron chi connectivity index (χ3n) is 5.49. The molecule has 3 heterocycles. The Bertz CT molecular complexity index is 634. The van der Waals surface area contributed by atoms with Crippen LogP contribution in [0.2, 0.25) is 0 Å². The fraction of sp³-hybridized carbons (Fsp3) is 0.722. The van der Waals surface area contributed by atoms with E-state index < -0.39 is 5.60 Å². The van der Waals surface area contributed by atoms with Crippen LogP contribution in [0.3, 0.4) is 0 Å². The second-order valence-corrected chi connectivity index (χ2v) is 7.30. The molecule has 7 nitrogen and oxygen atoms in total. The molecule has 2 aliphatic heterocycles. The molecule has 0 saturated carbocycles. The highest BCUT2D eigenvalue weighted by atomic mass is 16.6. The molecule has 1 atom stereocenters. The Labute approximate surface area is 148 Å². The Kier molecular flexibility index (Phi) is 5.01. The molecule has 0 radical (unpaired) electrons. The molecule has 0 aromatic carbocycles. The van der Waals surface area contributed by atoms with E-state index in [1.165, 1.54) is 0 Å². The van der Waals surface area contributed by atoms with Gasteiger partial charge in [0.1, 0.15) is 18.0 Å². The number of piperidine rings is 1. The maximum Gasteiger partial charge on any atom is 0.410 e. The first-order valence-electron chi connectivity index (χ1n) is 9.19. The average molecular weight is 348 g/mol. The lowest BCUT2D eigenvalue weighted by Gasteiger charge is -2.37. The largest absolute Gasteiger partial charge is 0.441 e. The molecule has 2 saturated heterocycles. The molecule has 1 spiro atoms. The minimum atomic E-state index is -0.416. The minimum Gasteiger partial charge on any atom is -0.441 e. The van der Waals surface area contributed by atoms with Gasteiger partial charge >= 0.3 is 6.09 Å². The molecule has 1 aromatic heterocycles. The summed E-state index contributed by atoms with van der Waals surface area (Å²) in [6.45, 7) is 8.33. The maximum absolute atomic E-state index is 12.5. The number of hydrogen-bond donors (Lipinski definition) is 0. The van der Waals surface area contributed by atoms with Crippen LogP contribution in [-0.2, 0) is 16.1 Å². The monoisotopic (exact) mass is 348 g/mol. The lowest BCUT2D eigenvalue weighted by molar-refractivity contribution is -0.135. The zero-order valence-corrected chi connectivity index (χ0v) is 15.4. The molecular weight excluding hydrogens is 320 g/mol. The first-order chi connectivity index (χ1) is 11.9. The number of carbonyl (C=O) groups excluding carboxylic acids is 2. The van der Waals surface area contributed by atoms with E-state index in [0.29, 0.717) is 39.0 Å². The molecule has 1 unspecified atom stereocenters. The van der Waals surface area contributed by atoms with Crippen molar-refractivity contribution in [2.45, 2.75) is 64.6 Å². The van der Waals surface area contributed by atoms with Crippen LogP contribution in [0.4, 0.5) is 4.79 Å². The summed E-state index contributed by atoms with van der Waals surface area (Å²) in [5.41, 5.74) is -0.416. The summed E-state index contributed by atoms with van der Waals surface area (Å²) in [7, 11) is 0. The predicted octanol–water partition coefficient (Wildman–Crippen LogP) is 2.19. The summed E-state index contributed by atoms with van der Waals surface area (Å²) in [5, 5.41) is 0. The van der Waals surface area contributed by atoms with Gasteiger partial charge < -0.3 is 19.1 Å². The highest BCUT2D eigenvalue weighted by Crippen LogP contribution is 2.34. The van der Waals surface area contributed by atoms with Crippen molar-refractivity contribution in [3.05, 3.63) is 18.2 Å². The Morgan fingerprint density at radius 2 is 2.12 bits per heavy atom. The van der Waals surface area contributed by atoms with E-state index in [9.17, 15) is 9.59 Å². The number of likely N-dealkylation sites (tertiary alicyclic amines) is 1. The Morgan fingerprint density at radius 3 is 2.72 bits per heavy atom. The summed E-state index contributed by atoms with van der Waals surface area (Å²) in [6, 6.07) is 0.209. The number of ether oxygens (including phenoxy) is 1. The molecule has 2 amide bonds. The number of amides is 2. The molecule has 0 N–H and O–H groups in total.